The topological polar surface area (TPSA) is 51.2 Å². The Kier molecular flexibility index (Phi) is 4.19. The number of rotatable bonds is 4. The van der Waals surface area contributed by atoms with Gasteiger partial charge in [0.2, 0.25) is 0 Å². The van der Waals surface area contributed by atoms with Crippen LogP contribution in [0.5, 0.6) is 5.75 Å². The first-order chi connectivity index (χ1) is 11.2. The summed E-state index contributed by atoms with van der Waals surface area (Å²) in [4.78, 5) is 16.5. The molecule has 0 atom stereocenters. The first kappa shape index (κ1) is 15.0. The average Bonchev–Trinajstić information content (AvgIpc) is 2.59. The van der Waals surface area contributed by atoms with Gasteiger partial charge in [0.15, 0.2) is 11.6 Å². The lowest BCUT2D eigenvalue weighted by atomic mass is 10.1. The van der Waals surface area contributed by atoms with Crippen molar-refractivity contribution in [1.82, 2.24) is 10.3 Å². The van der Waals surface area contributed by atoms with Crippen LogP contribution in [0.3, 0.4) is 0 Å². The maximum absolute atomic E-state index is 13.7. The fraction of sp³-hybridized carbons (Fsp3) is 0.111. The van der Waals surface area contributed by atoms with Gasteiger partial charge >= 0.3 is 0 Å². The van der Waals surface area contributed by atoms with Gasteiger partial charge in [0.05, 0.1) is 12.6 Å². The smallest absolute Gasteiger partial charge is 0.251 e. The van der Waals surface area contributed by atoms with Crippen molar-refractivity contribution in [2.24, 2.45) is 0 Å². The number of fused-ring (bicyclic) bond motifs is 1. The number of aromatic nitrogens is 1. The summed E-state index contributed by atoms with van der Waals surface area (Å²) in [6.45, 7) is 0.320. The molecule has 0 saturated carbocycles. The standard InChI is InChI=1S/C18H15FN2O2/c1-23-16-8-7-13(10-15(16)19)18(22)21-11-14-5-2-4-12-6-3-9-20-17(12)14/h2-10H,11H2,1H3,(H,21,22). The zero-order valence-corrected chi connectivity index (χ0v) is 12.5. The van der Waals surface area contributed by atoms with Crippen molar-refractivity contribution in [2.45, 2.75) is 6.54 Å². The largest absolute Gasteiger partial charge is 0.494 e. The second-order valence-corrected chi connectivity index (χ2v) is 5.02. The molecule has 2 aromatic carbocycles. The Balaban J connectivity index is 1.77. The molecular weight excluding hydrogens is 295 g/mol. The summed E-state index contributed by atoms with van der Waals surface area (Å²) in [5.74, 6) is -0.800. The van der Waals surface area contributed by atoms with Crippen LogP contribution in [0.25, 0.3) is 10.9 Å². The molecule has 1 amide bonds. The number of amides is 1. The van der Waals surface area contributed by atoms with Gasteiger partial charge in [-0.15, -0.1) is 0 Å². The molecule has 23 heavy (non-hydrogen) atoms. The van der Waals surface area contributed by atoms with Gasteiger partial charge in [-0.25, -0.2) is 4.39 Å². The number of para-hydroxylation sites is 1. The number of methoxy groups -OCH3 is 1. The SMILES string of the molecule is COc1ccc(C(=O)NCc2cccc3cccnc23)cc1F. The first-order valence-corrected chi connectivity index (χ1v) is 7.13. The van der Waals surface area contributed by atoms with Crippen LogP contribution in [0, 0.1) is 5.82 Å². The van der Waals surface area contributed by atoms with Gasteiger partial charge < -0.3 is 10.1 Å². The van der Waals surface area contributed by atoms with E-state index >= 15 is 0 Å². The highest BCUT2D eigenvalue weighted by Crippen LogP contribution is 2.18. The molecule has 1 N–H and O–H groups in total. The molecule has 0 spiro atoms. The minimum absolute atomic E-state index is 0.111. The Bertz CT molecular complexity index is 859. The monoisotopic (exact) mass is 310 g/mol. The van der Waals surface area contributed by atoms with Crippen molar-refractivity contribution in [3.8, 4) is 5.75 Å². The Morgan fingerprint density at radius 3 is 2.83 bits per heavy atom. The van der Waals surface area contributed by atoms with Crippen molar-refractivity contribution in [3.05, 3.63) is 71.7 Å². The van der Waals surface area contributed by atoms with Gasteiger partial charge in [0, 0.05) is 23.7 Å². The van der Waals surface area contributed by atoms with Gasteiger partial charge in [-0.2, -0.15) is 0 Å². The molecule has 0 unspecified atom stereocenters. The number of benzene rings is 2. The van der Waals surface area contributed by atoms with E-state index in [4.69, 9.17) is 4.74 Å². The number of carbonyl (C=O) groups is 1. The predicted octanol–water partition coefficient (Wildman–Crippen LogP) is 3.31. The van der Waals surface area contributed by atoms with Crippen LogP contribution in [0.15, 0.2) is 54.7 Å². The highest BCUT2D eigenvalue weighted by atomic mass is 19.1. The molecule has 1 aromatic heterocycles. The van der Waals surface area contributed by atoms with Crippen molar-refractivity contribution in [1.29, 1.82) is 0 Å². The minimum Gasteiger partial charge on any atom is -0.494 e. The first-order valence-electron chi connectivity index (χ1n) is 7.13. The van der Waals surface area contributed by atoms with Crippen LogP contribution in [-0.2, 0) is 6.54 Å². The molecule has 0 aliphatic heterocycles. The average molecular weight is 310 g/mol. The zero-order valence-electron chi connectivity index (χ0n) is 12.5. The van der Waals surface area contributed by atoms with E-state index in [1.54, 1.807) is 6.20 Å². The Morgan fingerprint density at radius 2 is 2.04 bits per heavy atom. The molecule has 0 saturated heterocycles. The molecule has 3 aromatic rings. The summed E-state index contributed by atoms with van der Waals surface area (Å²) < 4.78 is 18.5. The molecule has 5 heteroatoms. The number of nitrogens with zero attached hydrogens (tertiary/aromatic N) is 1. The van der Waals surface area contributed by atoms with Crippen LogP contribution >= 0.6 is 0 Å². The van der Waals surface area contributed by atoms with E-state index in [9.17, 15) is 9.18 Å². The molecule has 0 fully saturated rings. The zero-order chi connectivity index (χ0) is 16.2. The maximum Gasteiger partial charge on any atom is 0.251 e. The van der Waals surface area contributed by atoms with Crippen molar-refractivity contribution in [2.75, 3.05) is 7.11 Å². The third-order valence-electron chi connectivity index (χ3n) is 3.57. The lowest BCUT2D eigenvalue weighted by Gasteiger charge is -2.09. The molecule has 0 bridgehead atoms. The van der Waals surface area contributed by atoms with Crippen LogP contribution < -0.4 is 10.1 Å². The lowest BCUT2D eigenvalue weighted by molar-refractivity contribution is 0.0950. The van der Waals surface area contributed by atoms with Crippen LogP contribution in [0.2, 0.25) is 0 Å². The quantitative estimate of drug-likeness (QED) is 0.804. The number of nitrogens with one attached hydrogen (secondary N) is 1. The summed E-state index contributed by atoms with van der Waals surface area (Å²) >= 11 is 0. The molecule has 0 radical (unpaired) electrons. The van der Waals surface area contributed by atoms with Gasteiger partial charge in [-0.3, -0.25) is 9.78 Å². The van der Waals surface area contributed by atoms with Crippen LogP contribution in [0.4, 0.5) is 4.39 Å². The fourth-order valence-electron chi connectivity index (χ4n) is 2.40. The summed E-state index contributed by atoms with van der Waals surface area (Å²) in [5.41, 5.74) is 2.00. The van der Waals surface area contributed by atoms with Gasteiger partial charge in [0.1, 0.15) is 0 Å². The maximum atomic E-state index is 13.7. The fourth-order valence-corrected chi connectivity index (χ4v) is 2.40. The van der Waals surface area contributed by atoms with E-state index in [0.29, 0.717) is 6.54 Å². The summed E-state index contributed by atoms with van der Waals surface area (Å²) in [7, 11) is 1.38. The number of hydrogen-bond donors (Lipinski definition) is 1. The second-order valence-electron chi connectivity index (χ2n) is 5.02. The molecule has 1 heterocycles. The van der Waals surface area contributed by atoms with E-state index in [1.807, 2.05) is 30.3 Å². The van der Waals surface area contributed by atoms with Gasteiger partial charge in [-0.1, -0.05) is 24.3 Å². The van der Waals surface area contributed by atoms with E-state index in [1.165, 1.54) is 19.2 Å². The Labute approximate surface area is 132 Å². The Hall–Kier alpha value is -2.95. The lowest BCUT2D eigenvalue weighted by Crippen LogP contribution is -2.23. The normalized spacial score (nSPS) is 10.5. The number of carbonyl (C=O) groups excluding carboxylic acids is 1. The van der Waals surface area contributed by atoms with Crippen molar-refractivity contribution >= 4 is 16.8 Å². The van der Waals surface area contributed by atoms with Crippen LogP contribution in [0.1, 0.15) is 15.9 Å². The van der Waals surface area contributed by atoms with Crippen molar-refractivity contribution in [3.63, 3.8) is 0 Å². The number of hydrogen-bond acceptors (Lipinski definition) is 3. The third-order valence-corrected chi connectivity index (χ3v) is 3.57. The predicted molar refractivity (Wildman–Crippen MR) is 85.9 cm³/mol. The molecular formula is C18H15FN2O2. The molecule has 3 rings (SSSR count). The number of pyridine rings is 1. The molecule has 116 valence electrons. The van der Waals surface area contributed by atoms with Gasteiger partial charge in [0.25, 0.3) is 5.91 Å². The highest BCUT2D eigenvalue weighted by molar-refractivity contribution is 5.94. The number of halogens is 1. The van der Waals surface area contributed by atoms with E-state index in [0.717, 1.165) is 22.5 Å². The van der Waals surface area contributed by atoms with E-state index in [-0.39, 0.29) is 17.2 Å². The Morgan fingerprint density at radius 1 is 1.22 bits per heavy atom. The van der Waals surface area contributed by atoms with Crippen molar-refractivity contribution < 1.29 is 13.9 Å². The van der Waals surface area contributed by atoms with Gasteiger partial charge in [-0.05, 0) is 29.8 Å². The highest BCUT2D eigenvalue weighted by Gasteiger charge is 2.10. The summed E-state index contributed by atoms with van der Waals surface area (Å²) in [6.07, 6.45) is 1.71. The van der Waals surface area contributed by atoms with Crippen LogP contribution in [-0.4, -0.2) is 18.0 Å². The van der Waals surface area contributed by atoms with E-state index < -0.39 is 5.82 Å². The number of ether oxygens (including phenoxy) is 1. The minimum atomic E-state index is -0.563. The van der Waals surface area contributed by atoms with E-state index in [2.05, 4.69) is 10.3 Å². The molecule has 0 aliphatic carbocycles. The molecule has 0 aliphatic rings. The summed E-state index contributed by atoms with van der Waals surface area (Å²) in [6, 6.07) is 13.7. The summed E-state index contributed by atoms with van der Waals surface area (Å²) in [5, 5.41) is 3.79. The molecule has 4 nitrogen and oxygen atoms in total. The third kappa shape index (κ3) is 3.13. The second kappa shape index (κ2) is 6.44.